The van der Waals surface area contributed by atoms with Gasteiger partial charge in [-0.15, -0.1) is 36.2 Å². The van der Waals surface area contributed by atoms with Crippen LogP contribution in [0.1, 0.15) is 51.2 Å². The molecule has 138 valence electrons. The Kier molecular flexibility index (Phi) is 8.79. The molecule has 0 unspecified atom stereocenters. The van der Waals surface area contributed by atoms with E-state index in [2.05, 4.69) is 27.5 Å². The predicted molar refractivity (Wildman–Crippen MR) is 106 cm³/mol. The van der Waals surface area contributed by atoms with Crippen LogP contribution in [-0.2, 0) is 25.9 Å². The number of hydrogen-bond donors (Lipinski definition) is 2. The molecule has 0 saturated carbocycles. The zero-order valence-corrected chi connectivity index (χ0v) is 16.9. The summed E-state index contributed by atoms with van der Waals surface area (Å²) in [5, 5.41) is 9.23. The topological polar surface area (TPSA) is 66.9 Å². The Morgan fingerprint density at radius 1 is 1.40 bits per heavy atom. The first-order chi connectivity index (χ1) is 11.2. The van der Waals surface area contributed by atoms with Crippen molar-refractivity contribution in [3.05, 3.63) is 44.7 Å². The van der Waals surface area contributed by atoms with Crippen LogP contribution < -0.4 is 10.6 Å². The smallest absolute Gasteiger partial charge is 0.271 e. The van der Waals surface area contributed by atoms with Crippen LogP contribution in [0.5, 0.6) is 0 Å². The van der Waals surface area contributed by atoms with Crippen molar-refractivity contribution in [2.24, 2.45) is 0 Å². The first-order valence-corrected chi connectivity index (χ1v) is 8.96. The minimum absolute atomic E-state index is 0. The molecule has 2 aromatic rings. The summed E-state index contributed by atoms with van der Waals surface area (Å²) in [4.78, 5) is 21.2. The van der Waals surface area contributed by atoms with E-state index in [0.717, 1.165) is 48.6 Å². The van der Waals surface area contributed by atoms with Gasteiger partial charge < -0.3 is 10.6 Å². The Morgan fingerprint density at radius 3 is 2.96 bits per heavy atom. The predicted octanol–water partition coefficient (Wildman–Crippen LogP) is 3.22. The van der Waals surface area contributed by atoms with Crippen LogP contribution in [0.2, 0.25) is 0 Å². The third-order valence-electron chi connectivity index (χ3n) is 4.14. The first kappa shape index (κ1) is 21.8. The molecule has 2 N–H and O–H groups in total. The molecule has 0 aliphatic carbocycles. The number of nitrogens with one attached hydrogen (secondary N) is 2. The minimum Gasteiger partial charge on any atom is -0.347 e. The molecule has 25 heavy (non-hydrogen) atoms. The van der Waals surface area contributed by atoms with E-state index in [4.69, 9.17) is 0 Å². The quantitative estimate of drug-likeness (QED) is 0.805. The van der Waals surface area contributed by atoms with Gasteiger partial charge in [-0.1, -0.05) is 6.92 Å². The van der Waals surface area contributed by atoms with Crippen molar-refractivity contribution in [2.75, 3.05) is 6.54 Å². The van der Waals surface area contributed by atoms with E-state index in [9.17, 15) is 4.79 Å². The summed E-state index contributed by atoms with van der Waals surface area (Å²) in [7, 11) is 0. The van der Waals surface area contributed by atoms with Crippen LogP contribution in [-0.4, -0.2) is 22.4 Å². The summed E-state index contributed by atoms with van der Waals surface area (Å²) in [6.07, 6.45) is 4.91. The molecular formula is C17H24Cl2N4OS. The van der Waals surface area contributed by atoms with Crippen molar-refractivity contribution in [1.29, 1.82) is 0 Å². The molecule has 1 aliphatic heterocycles. The molecule has 0 atom stereocenters. The van der Waals surface area contributed by atoms with Crippen LogP contribution in [0.4, 0.5) is 0 Å². The third-order valence-corrected chi connectivity index (χ3v) is 5.05. The Bertz CT molecular complexity index is 721. The number of amides is 1. The SMILES string of the molecule is CCCc1nc(C(=O)NCc2c(C)ncc3c2CCNC3)cs1.Cl.Cl. The maximum Gasteiger partial charge on any atom is 0.271 e. The van der Waals surface area contributed by atoms with Crippen molar-refractivity contribution >= 4 is 42.1 Å². The van der Waals surface area contributed by atoms with Crippen molar-refractivity contribution in [3.8, 4) is 0 Å². The molecule has 3 rings (SSSR count). The normalized spacial score (nSPS) is 12.6. The molecule has 1 aliphatic rings. The standard InChI is InChI=1S/C17H22N4OS.2ClH/c1-3-4-16-21-15(10-23-16)17(22)20-9-14-11(2)19-8-12-7-18-6-5-13(12)14;;/h8,10,18H,3-7,9H2,1-2H3,(H,20,22);2*1H. The highest BCUT2D eigenvalue weighted by atomic mass is 35.5. The van der Waals surface area contributed by atoms with Gasteiger partial charge in [-0.3, -0.25) is 9.78 Å². The van der Waals surface area contributed by atoms with E-state index < -0.39 is 0 Å². The third kappa shape index (κ3) is 5.14. The number of hydrogen-bond acceptors (Lipinski definition) is 5. The van der Waals surface area contributed by atoms with Crippen LogP contribution >= 0.6 is 36.2 Å². The Morgan fingerprint density at radius 2 is 2.20 bits per heavy atom. The number of carbonyl (C=O) groups is 1. The van der Waals surface area contributed by atoms with Crippen LogP contribution in [0, 0.1) is 6.92 Å². The summed E-state index contributed by atoms with van der Waals surface area (Å²) < 4.78 is 0. The molecule has 8 heteroatoms. The zero-order chi connectivity index (χ0) is 16.2. The number of pyridine rings is 1. The maximum atomic E-state index is 12.3. The van der Waals surface area contributed by atoms with E-state index >= 15 is 0 Å². The van der Waals surface area contributed by atoms with Gasteiger partial charge in [0.15, 0.2) is 0 Å². The number of rotatable bonds is 5. The summed E-state index contributed by atoms with van der Waals surface area (Å²) in [5.74, 6) is -0.102. The highest BCUT2D eigenvalue weighted by Gasteiger charge is 2.17. The van der Waals surface area contributed by atoms with Crippen molar-refractivity contribution in [1.82, 2.24) is 20.6 Å². The van der Waals surface area contributed by atoms with Crippen LogP contribution in [0.3, 0.4) is 0 Å². The average Bonchev–Trinajstić information content (AvgIpc) is 3.03. The molecule has 0 saturated heterocycles. The second-order valence-electron chi connectivity index (χ2n) is 5.81. The summed E-state index contributed by atoms with van der Waals surface area (Å²) >= 11 is 1.56. The second kappa shape index (κ2) is 10.1. The number of halogens is 2. The van der Waals surface area contributed by atoms with E-state index in [1.54, 1.807) is 11.3 Å². The molecule has 0 fully saturated rings. The molecular weight excluding hydrogens is 379 g/mol. The highest BCUT2D eigenvalue weighted by molar-refractivity contribution is 7.09. The molecule has 5 nitrogen and oxygen atoms in total. The lowest BCUT2D eigenvalue weighted by Gasteiger charge is -2.21. The molecule has 0 aromatic carbocycles. The maximum absolute atomic E-state index is 12.3. The molecule has 0 radical (unpaired) electrons. The van der Waals surface area contributed by atoms with Crippen molar-refractivity contribution in [2.45, 2.75) is 46.2 Å². The fraction of sp³-hybridized carbons (Fsp3) is 0.471. The summed E-state index contributed by atoms with van der Waals surface area (Å²) in [5.41, 5.74) is 5.25. The van der Waals surface area contributed by atoms with E-state index in [0.29, 0.717) is 12.2 Å². The summed E-state index contributed by atoms with van der Waals surface area (Å²) in [6, 6.07) is 0. The van der Waals surface area contributed by atoms with E-state index in [1.165, 1.54) is 11.1 Å². The van der Waals surface area contributed by atoms with Gasteiger partial charge in [0, 0.05) is 30.4 Å². The van der Waals surface area contributed by atoms with Gasteiger partial charge in [0.2, 0.25) is 0 Å². The fourth-order valence-corrected chi connectivity index (χ4v) is 3.76. The van der Waals surface area contributed by atoms with Gasteiger partial charge in [-0.2, -0.15) is 0 Å². The Hall–Kier alpha value is -1.21. The van der Waals surface area contributed by atoms with E-state index in [1.807, 2.05) is 18.5 Å². The van der Waals surface area contributed by atoms with Gasteiger partial charge in [0.1, 0.15) is 5.69 Å². The van der Waals surface area contributed by atoms with Gasteiger partial charge >= 0.3 is 0 Å². The number of fused-ring (bicyclic) bond motifs is 1. The molecule has 0 bridgehead atoms. The molecule has 3 heterocycles. The number of carbonyl (C=O) groups excluding carboxylic acids is 1. The zero-order valence-electron chi connectivity index (χ0n) is 14.4. The highest BCUT2D eigenvalue weighted by Crippen LogP contribution is 2.20. The fourth-order valence-electron chi connectivity index (χ4n) is 2.88. The minimum atomic E-state index is -0.102. The van der Waals surface area contributed by atoms with Crippen molar-refractivity contribution in [3.63, 3.8) is 0 Å². The van der Waals surface area contributed by atoms with Gasteiger partial charge in [0.05, 0.1) is 5.01 Å². The van der Waals surface area contributed by atoms with E-state index in [-0.39, 0.29) is 30.7 Å². The second-order valence-corrected chi connectivity index (χ2v) is 6.75. The van der Waals surface area contributed by atoms with Gasteiger partial charge in [0.25, 0.3) is 5.91 Å². The monoisotopic (exact) mass is 402 g/mol. The van der Waals surface area contributed by atoms with Crippen LogP contribution in [0.25, 0.3) is 0 Å². The lowest BCUT2D eigenvalue weighted by Crippen LogP contribution is -2.29. The molecule has 1 amide bonds. The summed E-state index contributed by atoms with van der Waals surface area (Å²) in [6.45, 7) is 6.47. The number of aromatic nitrogens is 2. The Balaban J connectivity index is 0.00000156. The average molecular weight is 403 g/mol. The Labute approximate surface area is 164 Å². The number of nitrogens with zero attached hydrogens (tertiary/aromatic N) is 2. The van der Waals surface area contributed by atoms with Gasteiger partial charge in [-0.05, 0) is 49.4 Å². The van der Waals surface area contributed by atoms with Crippen LogP contribution in [0.15, 0.2) is 11.6 Å². The molecule has 0 spiro atoms. The van der Waals surface area contributed by atoms with Crippen molar-refractivity contribution < 1.29 is 4.79 Å². The molecule has 2 aromatic heterocycles. The first-order valence-electron chi connectivity index (χ1n) is 8.08. The lowest BCUT2D eigenvalue weighted by molar-refractivity contribution is 0.0946. The largest absolute Gasteiger partial charge is 0.347 e. The number of aryl methyl sites for hydroxylation is 2. The number of thiazole rings is 1. The van der Waals surface area contributed by atoms with Gasteiger partial charge in [-0.25, -0.2) is 4.98 Å². The lowest BCUT2D eigenvalue weighted by atomic mass is 9.96.